The molecule has 114 valence electrons. The van der Waals surface area contributed by atoms with Gasteiger partial charge in [-0.25, -0.2) is 4.98 Å². The molecule has 0 aliphatic heterocycles. The first kappa shape index (κ1) is 14.6. The number of rotatable bonds is 4. The van der Waals surface area contributed by atoms with E-state index < -0.39 is 11.2 Å². The van der Waals surface area contributed by atoms with Crippen molar-refractivity contribution in [2.24, 2.45) is 5.18 Å². The van der Waals surface area contributed by atoms with Crippen LogP contribution in [-0.2, 0) is 6.42 Å². The van der Waals surface area contributed by atoms with Crippen LogP contribution in [-0.4, -0.2) is 9.97 Å². The van der Waals surface area contributed by atoms with Gasteiger partial charge in [0.05, 0.1) is 0 Å². The second-order valence-electron chi connectivity index (χ2n) is 5.10. The van der Waals surface area contributed by atoms with Gasteiger partial charge < -0.3 is 10.7 Å². The molecule has 6 heteroatoms. The molecular weight excluding hydrogens is 292 g/mol. The van der Waals surface area contributed by atoms with Crippen LogP contribution in [0.25, 0.3) is 11.4 Å². The highest BCUT2D eigenvalue weighted by Crippen LogP contribution is 2.21. The first-order valence-electron chi connectivity index (χ1n) is 7.04. The van der Waals surface area contributed by atoms with Crippen molar-refractivity contribution in [2.75, 3.05) is 5.73 Å². The van der Waals surface area contributed by atoms with E-state index in [9.17, 15) is 9.70 Å². The Morgan fingerprint density at radius 2 is 1.78 bits per heavy atom. The van der Waals surface area contributed by atoms with Gasteiger partial charge in [0, 0.05) is 5.56 Å². The van der Waals surface area contributed by atoms with Crippen LogP contribution in [0.15, 0.2) is 64.6 Å². The number of hydrogen-bond acceptors (Lipinski definition) is 5. The fraction of sp³-hybridized carbons (Fsp3) is 0.0588. The highest BCUT2D eigenvalue weighted by Gasteiger charge is 2.11. The van der Waals surface area contributed by atoms with Crippen molar-refractivity contribution >= 4 is 11.5 Å². The molecule has 0 fully saturated rings. The average molecular weight is 306 g/mol. The molecule has 6 nitrogen and oxygen atoms in total. The van der Waals surface area contributed by atoms with Gasteiger partial charge in [-0.1, -0.05) is 48.5 Å². The van der Waals surface area contributed by atoms with Crippen LogP contribution in [0, 0.1) is 4.91 Å². The number of benzene rings is 2. The summed E-state index contributed by atoms with van der Waals surface area (Å²) in [5, 5.41) is 2.60. The molecule has 3 rings (SSSR count). The van der Waals surface area contributed by atoms with Gasteiger partial charge in [-0.15, -0.1) is 4.91 Å². The minimum Gasteiger partial charge on any atom is -0.382 e. The van der Waals surface area contributed by atoms with Crippen molar-refractivity contribution < 1.29 is 0 Å². The molecule has 23 heavy (non-hydrogen) atoms. The predicted octanol–water partition coefficient (Wildman–Crippen LogP) is 3.01. The van der Waals surface area contributed by atoms with Gasteiger partial charge in [0.15, 0.2) is 5.82 Å². The van der Waals surface area contributed by atoms with E-state index in [1.807, 2.05) is 42.5 Å². The molecule has 0 aliphatic rings. The Kier molecular flexibility index (Phi) is 3.97. The third-order valence-corrected chi connectivity index (χ3v) is 3.46. The van der Waals surface area contributed by atoms with Crippen LogP contribution in [0.1, 0.15) is 11.1 Å². The Labute approximate surface area is 132 Å². The van der Waals surface area contributed by atoms with Crippen LogP contribution in [0.2, 0.25) is 0 Å². The third kappa shape index (κ3) is 3.16. The van der Waals surface area contributed by atoms with Crippen molar-refractivity contribution in [3.63, 3.8) is 0 Å². The minimum atomic E-state index is -0.643. The Morgan fingerprint density at radius 3 is 2.48 bits per heavy atom. The molecule has 0 radical (unpaired) electrons. The van der Waals surface area contributed by atoms with E-state index >= 15 is 0 Å². The number of nitrogen functional groups attached to an aromatic ring is 1. The quantitative estimate of drug-likeness (QED) is 0.723. The number of nitrogens with zero attached hydrogens (tertiary/aromatic N) is 2. The van der Waals surface area contributed by atoms with Crippen LogP contribution in [0.3, 0.4) is 0 Å². The summed E-state index contributed by atoms with van der Waals surface area (Å²) in [5.41, 5.74) is 7.55. The second-order valence-corrected chi connectivity index (χ2v) is 5.10. The van der Waals surface area contributed by atoms with Crippen LogP contribution in [0.5, 0.6) is 0 Å². The largest absolute Gasteiger partial charge is 0.382 e. The molecule has 0 aliphatic carbocycles. The van der Waals surface area contributed by atoms with E-state index in [2.05, 4.69) is 27.3 Å². The van der Waals surface area contributed by atoms with Gasteiger partial charge in [0.25, 0.3) is 5.56 Å². The fourth-order valence-corrected chi connectivity index (χ4v) is 2.37. The Bertz CT molecular complexity index is 904. The summed E-state index contributed by atoms with van der Waals surface area (Å²) in [4.78, 5) is 28.9. The first-order chi connectivity index (χ1) is 11.2. The zero-order valence-corrected chi connectivity index (χ0v) is 12.2. The summed E-state index contributed by atoms with van der Waals surface area (Å²) in [6.45, 7) is 0. The van der Waals surface area contributed by atoms with Crippen LogP contribution >= 0.6 is 0 Å². The molecule has 3 aromatic rings. The van der Waals surface area contributed by atoms with E-state index in [-0.39, 0.29) is 5.82 Å². The topological polar surface area (TPSA) is 101 Å². The van der Waals surface area contributed by atoms with Crippen molar-refractivity contribution in [3.05, 3.63) is 81.0 Å². The SMILES string of the molecule is Nc1nc(-c2cccc(Cc3ccccc3)c2)[nH]c(=O)c1N=O. The molecule has 0 spiro atoms. The Balaban J connectivity index is 1.97. The fourth-order valence-electron chi connectivity index (χ4n) is 2.37. The van der Waals surface area contributed by atoms with Crippen molar-refractivity contribution in [3.8, 4) is 11.4 Å². The van der Waals surface area contributed by atoms with Crippen LogP contribution < -0.4 is 11.3 Å². The van der Waals surface area contributed by atoms with Gasteiger partial charge >= 0.3 is 0 Å². The molecule has 3 N–H and O–H groups in total. The third-order valence-electron chi connectivity index (χ3n) is 3.46. The smallest absolute Gasteiger partial charge is 0.282 e. The van der Waals surface area contributed by atoms with Crippen molar-refractivity contribution in [1.29, 1.82) is 0 Å². The van der Waals surface area contributed by atoms with Gasteiger partial charge in [-0.05, 0) is 28.8 Å². The molecule has 0 saturated heterocycles. The lowest BCUT2D eigenvalue weighted by atomic mass is 10.0. The van der Waals surface area contributed by atoms with Crippen molar-refractivity contribution in [2.45, 2.75) is 6.42 Å². The molecule has 2 aromatic carbocycles. The number of aromatic amines is 1. The van der Waals surface area contributed by atoms with Gasteiger partial charge in [0.2, 0.25) is 5.69 Å². The number of nitroso groups, excluding NO2 is 1. The maximum atomic E-state index is 11.8. The lowest BCUT2D eigenvalue weighted by Gasteiger charge is -2.06. The maximum absolute atomic E-state index is 11.8. The minimum absolute atomic E-state index is 0.174. The summed E-state index contributed by atoms with van der Waals surface area (Å²) in [5.74, 6) is 0.141. The average Bonchev–Trinajstić information content (AvgIpc) is 2.56. The molecule has 1 aromatic heterocycles. The van der Waals surface area contributed by atoms with E-state index in [1.165, 1.54) is 5.56 Å². The van der Waals surface area contributed by atoms with E-state index in [4.69, 9.17) is 5.73 Å². The summed E-state index contributed by atoms with van der Waals surface area (Å²) >= 11 is 0. The lowest BCUT2D eigenvalue weighted by Crippen LogP contribution is -2.11. The standard InChI is InChI=1S/C17H14N4O2/c18-15-14(21-23)17(22)20-16(19-15)13-8-4-7-12(10-13)9-11-5-2-1-3-6-11/h1-8,10H,9H2,(H3,18,19,20,22). The zero-order chi connectivity index (χ0) is 16.2. The number of hydrogen-bond donors (Lipinski definition) is 2. The molecule has 1 heterocycles. The van der Waals surface area contributed by atoms with Crippen molar-refractivity contribution in [1.82, 2.24) is 9.97 Å². The summed E-state index contributed by atoms with van der Waals surface area (Å²) in [6.07, 6.45) is 0.766. The summed E-state index contributed by atoms with van der Waals surface area (Å²) < 4.78 is 0. The normalized spacial score (nSPS) is 10.4. The molecule has 0 saturated carbocycles. The number of nitrogens with one attached hydrogen (secondary N) is 1. The Morgan fingerprint density at radius 1 is 1.04 bits per heavy atom. The molecule has 0 bridgehead atoms. The highest BCUT2D eigenvalue weighted by atomic mass is 16.3. The molecular formula is C17H14N4O2. The number of H-pyrrole nitrogens is 1. The maximum Gasteiger partial charge on any atom is 0.282 e. The summed E-state index contributed by atoms with van der Waals surface area (Å²) in [7, 11) is 0. The van der Waals surface area contributed by atoms with E-state index in [0.717, 1.165) is 17.5 Å². The highest BCUT2D eigenvalue weighted by molar-refractivity contribution is 5.63. The second kappa shape index (κ2) is 6.23. The van der Waals surface area contributed by atoms with E-state index in [1.54, 1.807) is 0 Å². The number of nitrogens with two attached hydrogens (primary N) is 1. The van der Waals surface area contributed by atoms with E-state index in [0.29, 0.717) is 5.82 Å². The predicted molar refractivity (Wildman–Crippen MR) is 89.4 cm³/mol. The summed E-state index contributed by atoms with van der Waals surface area (Å²) in [6, 6.07) is 17.7. The molecule has 0 amide bonds. The molecule has 0 atom stereocenters. The zero-order valence-electron chi connectivity index (χ0n) is 12.2. The first-order valence-corrected chi connectivity index (χ1v) is 7.04. The van der Waals surface area contributed by atoms with Crippen LogP contribution in [0.4, 0.5) is 11.5 Å². The number of aromatic nitrogens is 2. The molecule has 0 unspecified atom stereocenters. The van der Waals surface area contributed by atoms with Gasteiger partial charge in [0.1, 0.15) is 5.82 Å². The number of anilines is 1. The lowest BCUT2D eigenvalue weighted by molar-refractivity contribution is 1.12. The Hall–Kier alpha value is -3.28. The van der Waals surface area contributed by atoms with Gasteiger partial charge in [-0.3, -0.25) is 4.79 Å². The monoisotopic (exact) mass is 306 g/mol. The van der Waals surface area contributed by atoms with Gasteiger partial charge in [-0.2, -0.15) is 0 Å².